The van der Waals surface area contributed by atoms with E-state index in [9.17, 15) is 0 Å². The monoisotopic (exact) mass is 139 g/mol. The van der Waals surface area contributed by atoms with Crippen molar-refractivity contribution in [3.63, 3.8) is 0 Å². The van der Waals surface area contributed by atoms with Crippen LogP contribution in [-0.2, 0) is 0 Å². The van der Waals surface area contributed by atoms with Gasteiger partial charge in [0, 0.05) is 12.6 Å². The topological polar surface area (TPSA) is 12.0 Å². The van der Waals surface area contributed by atoms with Crippen LogP contribution in [0, 0.1) is 0 Å². The molecule has 0 amide bonds. The third-order valence-electron chi connectivity index (χ3n) is 2.30. The fourth-order valence-electron chi connectivity index (χ4n) is 1.51. The Bertz CT molecular complexity index is 147. The van der Waals surface area contributed by atoms with E-state index in [0.717, 1.165) is 6.54 Å². The molecule has 0 aromatic carbocycles. The molecule has 0 spiro atoms. The van der Waals surface area contributed by atoms with Crippen molar-refractivity contribution < 1.29 is 0 Å². The summed E-state index contributed by atoms with van der Waals surface area (Å²) in [5.41, 5.74) is 3.21. The van der Waals surface area contributed by atoms with Gasteiger partial charge in [-0.25, -0.2) is 0 Å². The maximum atomic E-state index is 3.44. The van der Waals surface area contributed by atoms with Crippen LogP contribution in [-0.4, -0.2) is 12.6 Å². The first kappa shape index (κ1) is 7.80. The summed E-state index contributed by atoms with van der Waals surface area (Å²) in [6.07, 6.45) is 2.49. The molecule has 1 N–H and O–H groups in total. The van der Waals surface area contributed by atoms with Crippen molar-refractivity contribution in [3.8, 4) is 0 Å². The molecule has 1 atom stereocenters. The standard InChI is InChI=1S/C9H17N/c1-4-9-5-8(3)10-6-7(9)2/h8,10H,4-6H2,1-3H3. The van der Waals surface area contributed by atoms with Gasteiger partial charge in [-0.3, -0.25) is 0 Å². The van der Waals surface area contributed by atoms with Gasteiger partial charge in [0.1, 0.15) is 0 Å². The van der Waals surface area contributed by atoms with E-state index in [-0.39, 0.29) is 0 Å². The van der Waals surface area contributed by atoms with Gasteiger partial charge in [0.15, 0.2) is 0 Å². The second kappa shape index (κ2) is 3.20. The summed E-state index contributed by atoms with van der Waals surface area (Å²) in [6, 6.07) is 0.693. The van der Waals surface area contributed by atoms with Crippen LogP contribution in [0.4, 0.5) is 0 Å². The Morgan fingerprint density at radius 2 is 2.30 bits per heavy atom. The Morgan fingerprint density at radius 1 is 1.60 bits per heavy atom. The minimum atomic E-state index is 0.693. The first-order chi connectivity index (χ1) is 4.74. The molecule has 0 aromatic heterocycles. The molecule has 0 fully saturated rings. The Kier molecular flexibility index (Phi) is 2.50. The first-order valence-electron chi connectivity index (χ1n) is 4.15. The van der Waals surface area contributed by atoms with Gasteiger partial charge in [-0.1, -0.05) is 18.1 Å². The molecule has 1 rings (SSSR count). The van der Waals surface area contributed by atoms with E-state index in [0.29, 0.717) is 6.04 Å². The molecular weight excluding hydrogens is 122 g/mol. The molecule has 0 aliphatic carbocycles. The second-order valence-electron chi connectivity index (χ2n) is 3.22. The van der Waals surface area contributed by atoms with Crippen LogP contribution >= 0.6 is 0 Å². The maximum absolute atomic E-state index is 3.44. The zero-order valence-corrected chi connectivity index (χ0v) is 7.20. The molecule has 0 aromatic rings. The molecule has 0 saturated heterocycles. The minimum absolute atomic E-state index is 0.693. The Hall–Kier alpha value is -0.300. The van der Waals surface area contributed by atoms with Crippen molar-refractivity contribution in [1.82, 2.24) is 5.32 Å². The van der Waals surface area contributed by atoms with Crippen molar-refractivity contribution in [2.24, 2.45) is 0 Å². The third kappa shape index (κ3) is 1.60. The lowest BCUT2D eigenvalue weighted by Crippen LogP contribution is -2.32. The summed E-state index contributed by atoms with van der Waals surface area (Å²) in [5, 5.41) is 3.44. The maximum Gasteiger partial charge on any atom is 0.0167 e. The molecule has 1 aliphatic rings. The van der Waals surface area contributed by atoms with Crippen molar-refractivity contribution in [1.29, 1.82) is 0 Å². The number of nitrogens with one attached hydrogen (secondary N) is 1. The van der Waals surface area contributed by atoms with E-state index in [1.807, 2.05) is 0 Å². The summed E-state index contributed by atoms with van der Waals surface area (Å²) in [7, 11) is 0. The average Bonchev–Trinajstić information content (AvgIpc) is 1.94. The highest BCUT2D eigenvalue weighted by Crippen LogP contribution is 2.18. The van der Waals surface area contributed by atoms with E-state index in [4.69, 9.17) is 0 Å². The molecule has 1 nitrogen and oxygen atoms in total. The zero-order valence-electron chi connectivity index (χ0n) is 7.20. The van der Waals surface area contributed by atoms with E-state index in [1.54, 1.807) is 11.1 Å². The molecule has 0 saturated carbocycles. The minimum Gasteiger partial charge on any atom is -0.310 e. The lowest BCUT2D eigenvalue weighted by Gasteiger charge is -2.23. The molecule has 1 heterocycles. The molecule has 1 heteroatoms. The summed E-state index contributed by atoms with van der Waals surface area (Å²) in [5.74, 6) is 0. The summed E-state index contributed by atoms with van der Waals surface area (Å²) >= 11 is 0. The Balaban J connectivity index is 2.62. The lowest BCUT2D eigenvalue weighted by atomic mass is 9.96. The molecule has 10 heavy (non-hydrogen) atoms. The fourth-order valence-corrected chi connectivity index (χ4v) is 1.51. The van der Waals surface area contributed by atoms with Gasteiger partial charge in [-0.15, -0.1) is 0 Å². The molecule has 0 radical (unpaired) electrons. The predicted octanol–water partition coefficient (Wildman–Crippen LogP) is 2.09. The highest BCUT2D eigenvalue weighted by atomic mass is 14.9. The number of rotatable bonds is 1. The molecule has 1 aliphatic heterocycles. The van der Waals surface area contributed by atoms with Crippen LogP contribution in [0.2, 0.25) is 0 Å². The number of hydrogen-bond acceptors (Lipinski definition) is 1. The van der Waals surface area contributed by atoms with Crippen molar-refractivity contribution in [3.05, 3.63) is 11.1 Å². The normalized spacial score (nSPS) is 27.3. The van der Waals surface area contributed by atoms with Crippen LogP contribution in [0.1, 0.15) is 33.6 Å². The Labute approximate surface area is 63.5 Å². The average molecular weight is 139 g/mol. The van der Waals surface area contributed by atoms with Crippen molar-refractivity contribution in [2.75, 3.05) is 6.54 Å². The van der Waals surface area contributed by atoms with Gasteiger partial charge in [0.2, 0.25) is 0 Å². The SMILES string of the molecule is CCC1=C(C)CNC(C)C1. The van der Waals surface area contributed by atoms with Gasteiger partial charge < -0.3 is 5.32 Å². The largest absolute Gasteiger partial charge is 0.310 e. The molecule has 0 bridgehead atoms. The second-order valence-corrected chi connectivity index (χ2v) is 3.22. The third-order valence-corrected chi connectivity index (χ3v) is 2.30. The van der Waals surface area contributed by atoms with Crippen LogP contribution in [0.25, 0.3) is 0 Å². The lowest BCUT2D eigenvalue weighted by molar-refractivity contribution is 0.530. The quantitative estimate of drug-likeness (QED) is 0.548. The van der Waals surface area contributed by atoms with E-state index in [1.165, 1.54) is 12.8 Å². The Morgan fingerprint density at radius 3 is 2.80 bits per heavy atom. The van der Waals surface area contributed by atoms with Gasteiger partial charge in [-0.2, -0.15) is 0 Å². The molecule has 1 unspecified atom stereocenters. The molecule has 58 valence electrons. The van der Waals surface area contributed by atoms with E-state index < -0.39 is 0 Å². The van der Waals surface area contributed by atoms with Gasteiger partial charge in [-0.05, 0) is 26.7 Å². The number of hydrogen-bond donors (Lipinski definition) is 1. The first-order valence-corrected chi connectivity index (χ1v) is 4.15. The zero-order chi connectivity index (χ0) is 7.56. The van der Waals surface area contributed by atoms with Crippen LogP contribution < -0.4 is 5.32 Å². The summed E-state index contributed by atoms with van der Waals surface area (Å²) in [6.45, 7) is 7.83. The van der Waals surface area contributed by atoms with Crippen molar-refractivity contribution in [2.45, 2.75) is 39.7 Å². The van der Waals surface area contributed by atoms with E-state index >= 15 is 0 Å². The highest BCUT2D eigenvalue weighted by Gasteiger charge is 2.11. The fraction of sp³-hybridized carbons (Fsp3) is 0.778. The summed E-state index contributed by atoms with van der Waals surface area (Å²) in [4.78, 5) is 0. The van der Waals surface area contributed by atoms with Crippen LogP contribution in [0.5, 0.6) is 0 Å². The molecular formula is C9H17N. The van der Waals surface area contributed by atoms with Crippen LogP contribution in [0.3, 0.4) is 0 Å². The van der Waals surface area contributed by atoms with Gasteiger partial charge in [0.05, 0.1) is 0 Å². The van der Waals surface area contributed by atoms with Gasteiger partial charge >= 0.3 is 0 Å². The smallest absolute Gasteiger partial charge is 0.0167 e. The predicted molar refractivity (Wildman–Crippen MR) is 45.1 cm³/mol. The van der Waals surface area contributed by atoms with Gasteiger partial charge in [0.25, 0.3) is 0 Å². The summed E-state index contributed by atoms with van der Waals surface area (Å²) < 4.78 is 0. The van der Waals surface area contributed by atoms with Crippen LogP contribution in [0.15, 0.2) is 11.1 Å². The van der Waals surface area contributed by atoms with E-state index in [2.05, 4.69) is 26.1 Å². The van der Waals surface area contributed by atoms with Crippen molar-refractivity contribution >= 4 is 0 Å². The highest BCUT2D eigenvalue weighted by molar-refractivity contribution is 5.17.